The van der Waals surface area contributed by atoms with Crippen LogP contribution in [-0.2, 0) is 4.79 Å². The number of carbonyl (C=O) groups is 2. The Morgan fingerprint density at radius 1 is 1.33 bits per heavy atom. The third-order valence-corrected chi connectivity index (χ3v) is 3.10. The molecule has 0 bridgehead atoms. The number of carboxylic acids is 1. The first kappa shape index (κ1) is 15.0. The molecule has 2 amide bonds. The number of aliphatic carboxylic acids is 1. The van der Waals surface area contributed by atoms with E-state index in [9.17, 15) is 9.59 Å². The van der Waals surface area contributed by atoms with Crippen LogP contribution in [0, 0.1) is 0 Å². The first-order chi connectivity index (χ1) is 10.1. The summed E-state index contributed by atoms with van der Waals surface area (Å²) in [7, 11) is 0. The van der Waals surface area contributed by atoms with Gasteiger partial charge in [0.05, 0.1) is 6.04 Å². The van der Waals surface area contributed by atoms with Crippen molar-refractivity contribution in [1.82, 2.24) is 10.6 Å². The quantitative estimate of drug-likeness (QED) is 0.693. The van der Waals surface area contributed by atoms with Crippen LogP contribution in [0.3, 0.4) is 0 Å². The van der Waals surface area contributed by atoms with E-state index in [2.05, 4.69) is 10.6 Å². The SMILES string of the molecule is CC(NC(=O)NCCCC(=O)O)c1ccc2c(c1)OCO2. The number of urea groups is 1. The van der Waals surface area contributed by atoms with Crippen LogP contribution in [0.4, 0.5) is 4.79 Å². The Labute approximate surface area is 122 Å². The Kier molecular flexibility index (Phi) is 4.86. The van der Waals surface area contributed by atoms with Crippen LogP contribution >= 0.6 is 0 Å². The molecule has 21 heavy (non-hydrogen) atoms. The van der Waals surface area contributed by atoms with Crippen molar-refractivity contribution >= 4 is 12.0 Å². The molecule has 0 radical (unpaired) electrons. The van der Waals surface area contributed by atoms with E-state index in [1.54, 1.807) is 6.07 Å². The highest BCUT2D eigenvalue weighted by atomic mass is 16.7. The molecule has 3 N–H and O–H groups in total. The number of hydrogen-bond acceptors (Lipinski definition) is 4. The van der Waals surface area contributed by atoms with Crippen molar-refractivity contribution in [2.45, 2.75) is 25.8 Å². The number of ether oxygens (including phenoxy) is 2. The van der Waals surface area contributed by atoms with Gasteiger partial charge in [0, 0.05) is 13.0 Å². The summed E-state index contributed by atoms with van der Waals surface area (Å²) in [6, 6.07) is 4.98. The lowest BCUT2D eigenvalue weighted by atomic mass is 10.1. The molecule has 0 saturated carbocycles. The van der Waals surface area contributed by atoms with E-state index in [0.29, 0.717) is 24.5 Å². The minimum atomic E-state index is -0.870. The normalized spacial score (nSPS) is 13.6. The zero-order chi connectivity index (χ0) is 15.2. The molecule has 1 atom stereocenters. The molecular formula is C14H18N2O5. The summed E-state index contributed by atoms with van der Waals surface area (Å²) in [6.07, 6.45) is 0.444. The van der Waals surface area contributed by atoms with Crippen molar-refractivity contribution in [3.8, 4) is 11.5 Å². The van der Waals surface area contributed by atoms with E-state index in [4.69, 9.17) is 14.6 Å². The Morgan fingerprint density at radius 2 is 2.10 bits per heavy atom. The van der Waals surface area contributed by atoms with Gasteiger partial charge in [-0.3, -0.25) is 4.79 Å². The molecule has 0 fully saturated rings. The molecule has 0 saturated heterocycles. The highest BCUT2D eigenvalue weighted by Crippen LogP contribution is 2.34. The lowest BCUT2D eigenvalue weighted by molar-refractivity contribution is -0.137. The van der Waals surface area contributed by atoms with E-state index in [0.717, 1.165) is 5.56 Å². The summed E-state index contributed by atoms with van der Waals surface area (Å²) in [5, 5.41) is 13.9. The number of carboxylic acid groups (broad SMARTS) is 1. The molecule has 114 valence electrons. The summed E-state index contributed by atoms with van der Waals surface area (Å²) in [5.74, 6) is 0.498. The number of carbonyl (C=O) groups excluding carboxylic acids is 1. The third kappa shape index (κ3) is 4.27. The topological polar surface area (TPSA) is 96.9 Å². The molecule has 1 aliphatic rings. The van der Waals surface area contributed by atoms with Crippen molar-refractivity contribution in [2.24, 2.45) is 0 Å². The molecule has 1 aliphatic heterocycles. The van der Waals surface area contributed by atoms with Gasteiger partial charge in [0.2, 0.25) is 6.79 Å². The number of benzene rings is 1. The summed E-state index contributed by atoms with van der Waals surface area (Å²) >= 11 is 0. The molecule has 1 aromatic carbocycles. The molecule has 1 heterocycles. The van der Waals surface area contributed by atoms with Crippen LogP contribution in [0.1, 0.15) is 31.4 Å². The minimum Gasteiger partial charge on any atom is -0.481 e. The van der Waals surface area contributed by atoms with Crippen molar-refractivity contribution in [2.75, 3.05) is 13.3 Å². The van der Waals surface area contributed by atoms with E-state index >= 15 is 0 Å². The Bertz CT molecular complexity index is 532. The van der Waals surface area contributed by atoms with Gasteiger partial charge in [0.1, 0.15) is 0 Å². The standard InChI is InChI=1S/C14H18N2O5/c1-9(16-14(19)15-6-2-3-13(17)18)10-4-5-11-12(7-10)21-8-20-11/h4-5,7,9H,2-3,6,8H2,1H3,(H,17,18)(H2,15,16,19). The third-order valence-electron chi connectivity index (χ3n) is 3.10. The Hall–Kier alpha value is -2.44. The summed E-state index contributed by atoms with van der Waals surface area (Å²) in [4.78, 5) is 22.0. The minimum absolute atomic E-state index is 0.0397. The molecule has 7 heteroatoms. The largest absolute Gasteiger partial charge is 0.481 e. The zero-order valence-electron chi connectivity index (χ0n) is 11.7. The van der Waals surface area contributed by atoms with Gasteiger partial charge >= 0.3 is 12.0 Å². The smallest absolute Gasteiger partial charge is 0.315 e. The summed E-state index contributed by atoms with van der Waals surface area (Å²) in [5.41, 5.74) is 0.903. The second-order valence-electron chi connectivity index (χ2n) is 4.73. The Balaban J connectivity index is 1.79. The van der Waals surface area contributed by atoms with Crippen molar-refractivity contribution in [1.29, 1.82) is 0 Å². The van der Waals surface area contributed by atoms with Crippen molar-refractivity contribution < 1.29 is 24.2 Å². The lowest BCUT2D eigenvalue weighted by Gasteiger charge is -2.15. The molecule has 0 aromatic heterocycles. The fourth-order valence-electron chi connectivity index (χ4n) is 1.96. The zero-order valence-corrected chi connectivity index (χ0v) is 11.7. The van der Waals surface area contributed by atoms with Crippen LogP contribution in [-0.4, -0.2) is 30.4 Å². The van der Waals surface area contributed by atoms with Crippen LogP contribution < -0.4 is 20.1 Å². The first-order valence-electron chi connectivity index (χ1n) is 6.72. The molecular weight excluding hydrogens is 276 g/mol. The van der Waals surface area contributed by atoms with Crippen molar-refractivity contribution in [3.63, 3.8) is 0 Å². The van der Waals surface area contributed by atoms with Crippen LogP contribution in [0.25, 0.3) is 0 Å². The molecule has 7 nitrogen and oxygen atoms in total. The van der Waals surface area contributed by atoms with Crippen molar-refractivity contribution in [3.05, 3.63) is 23.8 Å². The van der Waals surface area contributed by atoms with Gasteiger partial charge in [-0.25, -0.2) is 4.79 Å². The number of fused-ring (bicyclic) bond motifs is 1. The maximum Gasteiger partial charge on any atom is 0.315 e. The number of hydrogen-bond donors (Lipinski definition) is 3. The number of nitrogens with one attached hydrogen (secondary N) is 2. The maximum absolute atomic E-state index is 11.7. The molecule has 0 aliphatic carbocycles. The average molecular weight is 294 g/mol. The molecule has 2 rings (SSSR count). The lowest BCUT2D eigenvalue weighted by Crippen LogP contribution is -2.37. The van der Waals surface area contributed by atoms with Gasteiger partial charge in [-0.2, -0.15) is 0 Å². The van der Waals surface area contributed by atoms with Crippen LogP contribution in [0.2, 0.25) is 0 Å². The van der Waals surface area contributed by atoms with Gasteiger partial charge in [0.25, 0.3) is 0 Å². The second-order valence-corrected chi connectivity index (χ2v) is 4.73. The van der Waals surface area contributed by atoms with Crippen LogP contribution in [0.15, 0.2) is 18.2 Å². The van der Waals surface area contributed by atoms with Crippen LogP contribution in [0.5, 0.6) is 11.5 Å². The summed E-state index contributed by atoms with van der Waals surface area (Å²) in [6.45, 7) is 2.39. The highest BCUT2D eigenvalue weighted by Gasteiger charge is 2.16. The second kappa shape index (κ2) is 6.83. The predicted octanol–water partition coefficient (Wildman–Crippen LogP) is 1.64. The average Bonchev–Trinajstić information content (AvgIpc) is 2.90. The fourth-order valence-corrected chi connectivity index (χ4v) is 1.96. The van der Waals surface area contributed by atoms with Gasteiger partial charge in [0.15, 0.2) is 11.5 Å². The molecule has 1 aromatic rings. The highest BCUT2D eigenvalue weighted by molar-refractivity contribution is 5.74. The summed E-state index contributed by atoms with van der Waals surface area (Å²) < 4.78 is 10.5. The van der Waals surface area contributed by atoms with Gasteiger partial charge in [-0.15, -0.1) is 0 Å². The van der Waals surface area contributed by atoms with E-state index < -0.39 is 5.97 Å². The predicted molar refractivity (Wildman–Crippen MR) is 74.4 cm³/mol. The van der Waals surface area contributed by atoms with Gasteiger partial charge in [-0.05, 0) is 31.0 Å². The van der Waals surface area contributed by atoms with Gasteiger partial charge < -0.3 is 25.2 Å². The number of rotatable bonds is 6. The van der Waals surface area contributed by atoms with E-state index in [1.165, 1.54) is 0 Å². The maximum atomic E-state index is 11.7. The van der Waals surface area contributed by atoms with E-state index in [1.807, 2.05) is 19.1 Å². The molecule has 0 spiro atoms. The van der Waals surface area contributed by atoms with Gasteiger partial charge in [-0.1, -0.05) is 6.07 Å². The number of amides is 2. The fraction of sp³-hybridized carbons (Fsp3) is 0.429. The first-order valence-corrected chi connectivity index (χ1v) is 6.72. The van der Waals surface area contributed by atoms with E-state index in [-0.39, 0.29) is 25.3 Å². The molecule has 1 unspecified atom stereocenters. The Morgan fingerprint density at radius 3 is 2.86 bits per heavy atom. The monoisotopic (exact) mass is 294 g/mol.